The molecule has 3 aromatic rings. The van der Waals surface area contributed by atoms with Crippen LogP contribution in [0.3, 0.4) is 0 Å². The Bertz CT molecular complexity index is 1150. The van der Waals surface area contributed by atoms with E-state index in [-0.39, 0.29) is 24.0 Å². The van der Waals surface area contributed by atoms with E-state index in [0.29, 0.717) is 26.5 Å². The fourth-order valence-electron chi connectivity index (χ4n) is 3.94. The number of aromatic amines is 1. The van der Waals surface area contributed by atoms with Gasteiger partial charge in [-0.25, -0.2) is 14.2 Å². The number of hydrogen-bond acceptors (Lipinski definition) is 7. The highest BCUT2D eigenvalue weighted by atomic mass is 32.1. The molecule has 1 saturated heterocycles. The summed E-state index contributed by atoms with van der Waals surface area (Å²) >= 11 is 1.20. The van der Waals surface area contributed by atoms with Crippen LogP contribution in [-0.4, -0.2) is 53.6 Å². The Morgan fingerprint density at radius 3 is 2.58 bits per heavy atom. The average molecular weight is 445 g/mol. The maximum atomic E-state index is 13.2. The van der Waals surface area contributed by atoms with E-state index in [1.807, 2.05) is 6.92 Å². The Labute approximate surface area is 183 Å². The molecule has 31 heavy (non-hydrogen) atoms. The van der Waals surface area contributed by atoms with Gasteiger partial charge in [0.1, 0.15) is 21.3 Å². The van der Waals surface area contributed by atoms with Crippen molar-refractivity contribution in [2.24, 2.45) is 0 Å². The number of esters is 1. The average Bonchev–Trinajstić information content (AvgIpc) is 3.11. The van der Waals surface area contributed by atoms with Crippen LogP contribution in [0, 0.1) is 12.7 Å². The van der Waals surface area contributed by atoms with Crippen LogP contribution in [0.15, 0.2) is 29.1 Å². The lowest BCUT2D eigenvalue weighted by atomic mass is 10.2. The molecule has 0 amide bonds. The molecular weight excluding hydrogens is 419 g/mol. The van der Waals surface area contributed by atoms with E-state index in [0.717, 1.165) is 31.9 Å². The molecule has 0 bridgehead atoms. The minimum atomic E-state index is -0.422. The van der Waals surface area contributed by atoms with Gasteiger partial charge in [0.15, 0.2) is 0 Å². The molecule has 1 fully saturated rings. The number of aromatic nitrogens is 2. The van der Waals surface area contributed by atoms with E-state index in [9.17, 15) is 14.0 Å². The smallest absolute Gasteiger partial charge is 0.348 e. The van der Waals surface area contributed by atoms with Gasteiger partial charge in [0, 0.05) is 31.9 Å². The van der Waals surface area contributed by atoms with Gasteiger partial charge in [0.2, 0.25) is 0 Å². The zero-order valence-corrected chi connectivity index (χ0v) is 18.6. The number of thiophene rings is 1. The van der Waals surface area contributed by atoms with E-state index in [4.69, 9.17) is 4.74 Å². The SMILES string of the molecule is CCOC(=O)c1sc2nc(C(C)N3CCN(c4ccc(F)cc4)CC3)[nH]c(=O)c2c1C. The molecule has 3 heterocycles. The van der Waals surface area contributed by atoms with Crippen LogP contribution < -0.4 is 10.5 Å². The van der Waals surface area contributed by atoms with E-state index in [2.05, 4.69) is 19.8 Å². The largest absolute Gasteiger partial charge is 0.462 e. The predicted octanol–water partition coefficient (Wildman–Crippen LogP) is 3.49. The summed E-state index contributed by atoms with van der Waals surface area (Å²) in [7, 11) is 0. The van der Waals surface area contributed by atoms with Crippen molar-refractivity contribution < 1.29 is 13.9 Å². The highest BCUT2D eigenvalue weighted by Gasteiger charge is 2.26. The van der Waals surface area contributed by atoms with Gasteiger partial charge in [-0.15, -0.1) is 11.3 Å². The second kappa shape index (κ2) is 8.76. The summed E-state index contributed by atoms with van der Waals surface area (Å²) in [5.74, 6) is -0.0744. The molecule has 1 aliphatic rings. The number of carbonyl (C=O) groups is 1. The molecular formula is C22H25FN4O3S. The Morgan fingerprint density at radius 2 is 1.94 bits per heavy atom. The Balaban J connectivity index is 1.53. The minimum Gasteiger partial charge on any atom is -0.462 e. The maximum absolute atomic E-state index is 13.2. The molecule has 7 nitrogen and oxygen atoms in total. The lowest BCUT2D eigenvalue weighted by molar-refractivity contribution is 0.0531. The number of rotatable bonds is 5. The van der Waals surface area contributed by atoms with Crippen molar-refractivity contribution in [3.63, 3.8) is 0 Å². The number of fused-ring (bicyclic) bond motifs is 1. The van der Waals surface area contributed by atoms with Crippen molar-refractivity contribution in [1.29, 1.82) is 0 Å². The van der Waals surface area contributed by atoms with Crippen LogP contribution in [-0.2, 0) is 4.74 Å². The number of nitrogens with zero attached hydrogens (tertiary/aromatic N) is 3. The van der Waals surface area contributed by atoms with Crippen LogP contribution in [0.5, 0.6) is 0 Å². The molecule has 1 aliphatic heterocycles. The highest BCUT2D eigenvalue weighted by Crippen LogP contribution is 2.29. The minimum absolute atomic E-state index is 0.0825. The van der Waals surface area contributed by atoms with Crippen LogP contribution in [0.2, 0.25) is 0 Å². The van der Waals surface area contributed by atoms with Gasteiger partial charge >= 0.3 is 5.97 Å². The second-order valence-corrected chi connectivity index (χ2v) is 8.58. The molecule has 0 aliphatic carbocycles. The van der Waals surface area contributed by atoms with Gasteiger partial charge in [-0.3, -0.25) is 9.69 Å². The molecule has 0 saturated carbocycles. The second-order valence-electron chi connectivity index (χ2n) is 7.58. The normalized spacial score (nSPS) is 15.9. The number of hydrogen-bond donors (Lipinski definition) is 1. The standard InChI is InChI=1S/C22H25FN4O3S/c1-4-30-22(29)18-13(2)17-20(28)24-19(25-21(17)31-18)14(3)26-9-11-27(12-10-26)16-7-5-15(23)6-8-16/h5-8,14H,4,9-12H2,1-3H3,(H,24,25,28). The first kappa shape index (κ1) is 21.5. The van der Waals surface area contributed by atoms with Crippen molar-refractivity contribution in [2.75, 3.05) is 37.7 Å². The van der Waals surface area contributed by atoms with E-state index >= 15 is 0 Å². The quantitative estimate of drug-likeness (QED) is 0.607. The van der Waals surface area contributed by atoms with Crippen molar-refractivity contribution in [1.82, 2.24) is 14.9 Å². The summed E-state index contributed by atoms with van der Waals surface area (Å²) < 4.78 is 18.3. The molecule has 1 aromatic carbocycles. The Kier molecular flexibility index (Phi) is 6.06. The maximum Gasteiger partial charge on any atom is 0.348 e. The summed E-state index contributed by atoms with van der Waals surface area (Å²) in [5, 5.41) is 0.449. The molecule has 9 heteroatoms. The lowest BCUT2D eigenvalue weighted by Crippen LogP contribution is -2.47. The van der Waals surface area contributed by atoms with Crippen molar-refractivity contribution in [3.8, 4) is 0 Å². The van der Waals surface area contributed by atoms with Gasteiger partial charge in [-0.05, 0) is 50.6 Å². The Morgan fingerprint density at radius 1 is 1.26 bits per heavy atom. The van der Waals surface area contributed by atoms with E-state index in [1.54, 1.807) is 26.0 Å². The molecule has 1 unspecified atom stereocenters. The number of ether oxygens (including phenoxy) is 1. The van der Waals surface area contributed by atoms with Crippen molar-refractivity contribution in [2.45, 2.75) is 26.8 Å². The molecule has 1 atom stereocenters. The number of carbonyl (C=O) groups excluding carboxylic acids is 1. The first-order valence-electron chi connectivity index (χ1n) is 10.3. The summed E-state index contributed by atoms with van der Waals surface area (Å²) in [6, 6.07) is 6.45. The first-order valence-corrected chi connectivity index (χ1v) is 11.2. The fraction of sp³-hybridized carbons (Fsp3) is 0.409. The monoisotopic (exact) mass is 444 g/mol. The third kappa shape index (κ3) is 4.20. The van der Waals surface area contributed by atoms with Gasteiger partial charge in [0.05, 0.1) is 18.0 Å². The number of H-pyrrole nitrogens is 1. The van der Waals surface area contributed by atoms with Crippen LogP contribution >= 0.6 is 11.3 Å². The number of benzene rings is 1. The topological polar surface area (TPSA) is 78.5 Å². The molecule has 0 spiro atoms. The number of nitrogens with one attached hydrogen (secondary N) is 1. The predicted molar refractivity (Wildman–Crippen MR) is 120 cm³/mol. The number of piperazine rings is 1. The summed E-state index contributed by atoms with van der Waals surface area (Å²) in [6.45, 7) is 8.98. The summed E-state index contributed by atoms with van der Waals surface area (Å²) in [6.07, 6.45) is 0. The molecule has 0 radical (unpaired) electrons. The van der Waals surface area contributed by atoms with Gasteiger partial charge in [0.25, 0.3) is 5.56 Å². The third-order valence-electron chi connectivity index (χ3n) is 5.73. The van der Waals surface area contributed by atoms with Gasteiger partial charge in [-0.1, -0.05) is 0 Å². The van der Waals surface area contributed by atoms with Gasteiger partial charge in [-0.2, -0.15) is 0 Å². The fourth-order valence-corrected chi connectivity index (χ4v) is 5.02. The highest BCUT2D eigenvalue weighted by molar-refractivity contribution is 7.20. The number of anilines is 1. The summed E-state index contributed by atoms with van der Waals surface area (Å²) in [4.78, 5) is 38.0. The number of halogens is 1. The summed E-state index contributed by atoms with van der Waals surface area (Å²) in [5.41, 5.74) is 1.38. The van der Waals surface area contributed by atoms with Crippen LogP contribution in [0.1, 0.15) is 40.9 Å². The van der Waals surface area contributed by atoms with Crippen molar-refractivity contribution in [3.05, 3.63) is 56.7 Å². The molecule has 164 valence electrons. The zero-order chi connectivity index (χ0) is 22.1. The van der Waals surface area contributed by atoms with Gasteiger partial charge < -0.3 is 14.6 Å². The number of aryl methyl sites for hydroxylation is 1. The zero-order valence-electron chi connectivity index (χ0n) is 17.8. The molecule has 1 N–H and O–H groups in total. The first-order chi connectivity index (χ1) is 14.9. The van der Waals surface area contributed by atoms with E-state index < -0.39 is 5.97 Å². The third-order valence-corrected chi connectivity index (χ3v) is 6.89. The van der Waals surface area contributed by atoms with Crippen LogP contribution in [0.25, 0.3) is 10.2 Å². The molecule has 2 aromatic heterocycles. The van der Waals surface area contributed by atoms with Crippen LogP contribution in [0.4, 0.5) is 10.1 Å². The van der Waals surface area contributed by atoms with E-state index in [1.165, 1.54) is 23.5 Å². The Hall–Kier alpha value is -2.78. The molecule has 4 rings (SSSR count). The lowest BCUT2D eigenvalue weighted by Gasteiger charge is -2.38. The van der Waals surface area contributed by atoms with Crippen molar-refractivity contribution >= 4 is 33.2 Å².